The maximum atomic E-state index is 11.8. The van der Waals surface area contributed by atoms with Crippen molar-refractivity contribution in [1.82, 2.24) is 5.32 Å². The third-order valence-corrected chi connectivity index (χ3v) is 8.62. The van der Waals surface area contributed by atoms with Crippen LogP contribution in [0.2, 0.25) is 0 Å². The summed E-state index contributed by atoms with van der Waals surface area (Å²) in [6.07, 6.45) is 9.89. The summed E-state index contributed by atoms with van der Waals surface area (Å²) < 4.78 is 0. The summed E-state index contributed by atoms with van der Waals surface area (Å²) in [4.78, 5) is 11.8. The number of hydrogen-bond donors (Lipinski definition) is 2. The zero-order valence-corrected chi connectivity index (χ0v) is 15.6. The van der Waals surface area contributed by atoms with Crippen LogP contribution in [0, 0.1) is 22.7 Å². The fourth-order valence-electron chi connectivity index (χ4n) is 7.90. The molecule has 134 valence electrons. The first-order valence-electron chi connectivity index (χ1n) is 9.83. The molecule has 1 spiro atoms. The molecule has 2 bridgehead atoms. The lowest BCUT2D eigenvalue weighted by Gasteiger charge is -2.64. The number of carbonyl (C=O) groups is 1. The highest BCUT2D eigenvalue weighted by Crippen LogP contribution is 2.71. The quantitative estimate of drug-likeness (QED) is 0.715. The van der Waals surface area contributed by atoms with Crippen LogP contribution in [0.4, 0.5) is 0 Å². The van der Waals surface area contributed by atoms with E-state index in [4.69, 9.17) is 0 Å². The summed E-state index contributed by atoms with van der Waals surface area (Å²) in [6, 6.07) is 0. The largest absolute Gasteiger partial charge is 0.386 e. The monoisotopic (exact) mass is 331 g/mol. The van der Waals surface area contributed by atoms with Crippen LogP contribution in [0.5, 0.6) is 0 Å². The fraction of sp³-hybridized carbons (Fsp3) is 0.857. The number of nitrogens with one attached hydrogen (secondary N) is 1. The smallest absolute Gasteiger partial charge is 0.217 e. The van der Waals surface area contributed by atoms with Crippen LogP contribution in [-0.4, -0.2) is 22.2 Å². The van der Waals surface area contributed by atoms with Gasteiger partial charge in [0.2, 0.25) is 5.91 Å². The Hall–Kier alpha value is -0.830. The van der Waals surface area contributed by atoms with E-state index in [1.54, 1.807) is 6.92 Å². The standard InChI is InChI=1S/C21H33NO2/c1-14-12-20-10-6-16-18(3,17(20)7-11-21(14,24)13-20)8-5-9-19(16,4)22-15(2)23/h16-17,24H,1,5-13H2,2-4H3,(H,22,23)/t16-,17-,18+,19+,20+,21-/m0/s1. The van der Waals surface area contributed by atoms with E-state index in [1.807, 2.05) is 0 Å². The summed E-state index contributed by atoms with van der Waals surface area (Å²) >= 11 is 0. The maximum Gasteiger partial charge on any atom is 0.217 e. The Labute approximate surface area is 146 Å². The second kappa shape index (κ2) is 4.87. The van der Waals surface area contributed by atoms with Gasteiger partial charge in [-0.25, -0.2) is 0 Å². The average molecular weight is 332 g/mol. The minimum absolute atomic E-state index is 0.0657. The van der Waals surface area contributed by atoms with Gasteiger partial charge in [-0.2, -0.15) is 0 Å². The number of rotatable bonds is 1. The van der Waals surface area contributed by atoms with Crippen LogP contribution in [-0.2, 0) is 4.79 Å². The second-order valence-corrected chi connectivity index (χ2v) is 9.99. The third-order valence-electron chi connectivity index (χ3n) is 8.62. The molecule has 0 aliphatic heterocycles. The molecule has 6 atom stereocenters. The first kappa shape index (κ1) is 16.6. The van der Waals surface area contributed by atoms with Gasteiger partial charge in [0.25, 0.3) is 0 Å². The highest BCUT2D eigenvalue weighted by atomic mass is 16.3. The molecule has 3 heteroatoms. The molecule has 4 fully saturated rings. The second-order valence-electron chi connectivity index (χ2n) is 9.99. The van der Waals surface area contributed by atoms with Crippen LogP contribution in [0.25, 0.3) is 0 Å². The van der Waals surface area contributed by atoms with E-state index in [-0.39, 0.29) is 22.3 Å². The van der Waals surface area contributed by atoms with Crippen molar-refractivity contribution >= 4 is 5.91 Å². The Morgan fingerprint density at radius 2 is 1.88 bits per heavy atom. The molecule has 4 saturated carbocycles. The Morgan fingerprint density at radius 1 is 1.17 bits per heavy atom. The van der Waals surface area contributed by atoms with Crippen molar-refractivity contribution in [2.24, 2.45) is 22.7 Å². The molecule has 24 heavy (non-hydrogen) atoms. The Morgan fingerprint density at radius 3 is 2.58 bits per heavy atom. The summed E-state index contributed by atoms with van der Waals surface area (Å²) in [5.74, 6) is 1.32. The van der Waals surface area contributed by atoms with E-state index < -0.39 is 5.60 Å². The van der Waals surface area contributed by atoms with Crippen molar-refractivity contribution in [1.29, 1.82) is 0 Å². The average Bonchev–Trinajstić information content (AvgIpc) is 2.62. The van der Waals surface area contributed by atoms with Crippen molar-refractivity contribution in [2.75, 3.05) is 0 Å². The number of aliphatic hydroxyl groups is 1. The first-order chi connectivity index (χ1) is 11.1. The molecular formula is C21H33NO2. The molecular weight excluding hydrogens is 298 g/mol. The molecule has 1 amide bonds. The molecule has 0 saturated heterocycles. The summed E-state index contributed by atoms with van der Waals surface area (Å²) in [7, 11) is 0. The predicted octanol–water partition coefficient (Wildman–Crippen LogP) is 3.96. The number of fused-ring (bicyclic) bond motifs is 3. The van der Waals surface area contributed by atoms with Gasteiger partial charge >= 0.3 is 0 Å². The molecule has 4 rings (SSSR count). The van der Waals surface area contributed by atoms with E-state index in [0.29, 0.717) is 11.8 Å². The van der Waals surface area contributed by atoms with Gasteiger partial charge in [-0.1, -0.05) is 19.9 Å². The molecule has 0 aromatic carbocycles. The lowest BCUT2D eigenvalue weighted by molar-refractivity contribution is -0.153. The highest BCUT2D eigenvalue weighted by Gasteiger charge is 2.66. The lowest BCUT2D eigenvalue weighted by atomic mass is 9.42. The normalized spacial score (nSPS) is 53.2. The zero-order valence-electron chi connectivity index (χ0n) is 15.6. The maximum absolute atomic E-state index is 11.8. The van der Waals surface area contributed by atoms with Crippen molar-refractivity contribution in [3.05, 3.63) is 12.2 Å². The number of amides is 1. The molecule has 0 heterocycles. The zero-order chi connectivity index (χ0) is 17.4. The fourth-order valence-corrected chi connectivity index (χ4v) is 7.90. The lowest BCUT2D eigenvalue weighted by Crippen LogP contribution is -2.64. The Kier molecular flexibility index (Phi) is 3.37. The van der Waals surface area contributed by atoms with Gasteiger partial charge in [-0.3, -0.25) is 4.79 Å². The summed E-state index contributed by atoms with van der Waals surface area (Å²) in [6.45, 7) is 10.7. The molecule has 3 nitrogen and oxygen atoms in total. The van der Waals surface area contributed by atoms with Crippen LogP contribution in [0.3, 0.4) is 0 Å². The molecule has 4 aliphatic rings. The van der Waals surface area contributed by atoms with Gasteiger partial charge in [-0.15, -0.1) is 0 Å². The summed E-state index contributed by atoms with van der Waals surface area (Å²) in [5, 5.41) is 14.3. The first-order valence-corrected chi connectivity index (χ1v) is 9.83. The van der Waals surface area contributed by atoms with Crippen molar-refractivity contribution < 1.29 is 9.90 Å². The summed E-state index contributed by atoms with van der Waals surface area (Å²) in [5.41, 5.74) is 0.982. The van der Waals surface area contributed by atoms with Gasteiger partial charge in [-0.05, 0) is 86.5 Å². The molecule has 0 aromatic rings. The van der Waals surface area contributed by atoms with Crippen LogP contribution in [0.15, 0.2) is 12.2 Å². The van der Waals surface area contributed by atoms with E-state index >= 15 is 0 Å². The predicted molar refractivity (Wildman–Crippen MR) is 95.4 cm³/mol. The Balaban J connectivity index is 1.71. The van der Waals surface area contributed by atoms with Crippen LogP contribution >= 0.6 is 0 Å². The minimum Gasteiger partial charge on any atom is -0.386 e. The number of hydrogen-bond acceptors (Lipinski definition) is 2. The van der Waals surface area contributed by atoms with Gasteiger partial charge in [0.1, 0.15) is 0 Å². The van der Waals surface area contributed by atoms with Crippen molar-refractivity contribution in [3.63, 3.8) is 0 Å². The van der Waals surface area contributed by atoms with Crippen LogP contribution in [0.1, 0.15) is 78.6 Å². The SMILES string of the molecule is C=C1C[C@@]23CC[C@H]4[C@@](C)(CCC[C@@]4(C)NC(C)=O)[C@@H]2CC[C@]1(O)C3. The molecule has 0 unspecified atom stereocenters. The molecule has 4 aliphatic carbocycles. The van der Waals surface area contributed by atoms with Gasteiger partial charge < -0.3 is 10.4 Å². The topological polar surface area (TPSA) is 49.3 Å². The van der Waals surface area contributed by atoms with Crippen molar-refractivity contribution in [3.8, 4) is 0 Å². The number of carbonyl (C=O) groups excluding carboxylic acids is 1. The van der Waals surface area contributed by atoms with Crippen molar-refractivity contribution in [2.45, 2.75) is 89.7 Å². The third kappa shape index (κ3) is 2.03. The molecule has 0 radical (unpaired) electrons. The van der Waals surface area contributed by atoms with E-state index in [1.165, 1.54) is 25.7 Å². The Bertz CT molecular complexity index is 601. The minimum atomic E-state index is -0.588. The molecule has 2 N–H and O–H groups in total. The van der Waals surface area contributed by atoms with Crippen LogP contribution < -0.4 is 5.32 Å². The highest BCUT2D eigenvalue weighted by molar-refractivity contribution is 5.73. The molecule has 0 aromatic heterocycles. The van der Waals surface area contributed by atoms with Gasteiger partial charge in [0, 0.05) is 12.5 Å². The van der Waals surface area contributed by atoms with Gasteiger partial charge in [0.05, 0.1) is 5.60 Å². The van der Waals surface area contributed by atoms with E-state index in [2.05, 4.69) is 25.7 Å². The van der Waals surface area contributed by atoms with E-state index in [9.17, 15) is 9.90 Å². The van der Waals surface area contributed by atoms with Gasteiger partial charge in [0.15, 0.2) is 0 Å². The van der Waals surface area contributed by atoms with E-state index in [0.717, 1.165) is 37.7 Å².